The van der Waals surface area contributed by atoms with Crippen molar-refractivity contribution in [3.63, 3.8) is 0 Å². The van der Waals surface area contributed by atoms with Crippen LogP contribution in [0.4, 0.5) is 0 Å². The summed E-state index contributed by atoms with van der Waals surface area (Å²) in [6.07, 6.45) is 5.22. The third-order valence-corrected chi connectivity index (χ3v) is 3.13. The van der Waals surface area contributed by atoms with E-state index in [0.29, 0.717) is 19.4 Å². The van der Waals surface area contributed by atoms with Crippen molar-refractivity contribution < 1.29 is 18.3 Å². The quantitative estimate of drug-likeness (QED) is 0.740. The van der Waals surface area contributed by atoms with Crippen molar-refractivity contribution in [3.8, 4) is 0 Å². The normalized spacial score (nSPS) is 11.6. The maximum absolute atomic E-state index is 11.1. The lowest BCUT2D eigenvalue weighted by atomic mass is 10.2. The standard InChI is InChI=1S/C9H14N2O4S/c1-16(14,15)8-6-10-11(7-8)5-3-2-4-9(12)13/h6-7H,2-5H2,1H3,(H,12,13). The first-order valence-corrected chi connectivity index (χ1v) is 6.73. The topological polar surface area (TPSA) is 89.3 Å². The molecule has 0 unspecified atom stereocenters. The molecule has 0 bridgehead atoms. The average molecular weight is 246 g/mol. The van der Waals surface area contributed by atoms with Crippen molar-refractivity contribution >= 4 is 15.8 Å². The van der Waals surface area contributed by atoms with Crippen LogP contribution in [-0.2, 0) is 21.2 Å². The van der Waals surface area contributed by atoms with Gasteiger partial charge in [-0.25, -0.2) is 8.42 Å². The Morgan fingerprint density at radius 3 is 2.69 bits per heavy atom. The number of carboxylic acid groups (broad SMARTS) is 1. The van der Waals surface area contributed by atoms with Crippen LogP contribution in [0.3, 0.4) is 0 Å². The van der Waals surface area contributed by atoms with Crippen LogP contribution in [-0.4, -0.2) is 35.5 Å². The summed E-state index contributed by atoms with van der Waals surface area (Å²) >= 11 is 0. The molecule has 0 aliphatic rings. The first kappa shape index (κ1) is 12.7. The summed E-state index contributed by atoms with van der Waals surface area (Å²) in [5, 5.41) is 12.3. The van der Waals surface area contributed by atoms with Crippen LogP contribution in [0.5, 0.6) is 0 Å². The van der Waals surface area contributed by atoms with Crippen LogP contribution in [0.1, 0.15) is 19.3 Å². The summed E-state index contributed by atoms with van der Waals surface area (Å²) < 4.78 is 23.8. The molecule has 1 aromatic heterocycles. The number of nitrogens with zero attached hydrogens (tertiary/aromatic N) is 2. The molecule has 0 saturated heterocycles. The highest BCUT2D eigenvalue weighted by Gasteiger charge is 2.09. The van der Waals surface area contributed by atoms with E-state index < -0.39 is 15.8 Å². The molecule has 0 aliphatic carbocycles. The molecule has 0 aromatic carbocycles. The van der Waals surface area contributed by atoms with Gasteiger partial charge in [0.25, 0.3) is 0 Å². The van der Waals surface area contributed by atoms with E-state index in [9.17, 15) is 13.2 Å². The van der Waals surface area contributed by atoms with E-state index in [1.165, 1.54) is 17.1 Å². The second-order valence-corrected chi connectivity index (χ2v) is 5.58. The smallest absolute Gasteiger partial charge is 0.303 e. The Bertz CT molecular complexity index is 464. The fourth-order valence-corrected chi connectivity index (χ4v) is 1.76. The van der Waals surface area contributed by atoms with Gasteiger partial charge in [0.1, 0.15) is 4.90 Å². The number of unbranched alkanes of at least 4 members (excludes halogenated alkanes) is 1. The molecule has 0 saturated carbocycles. The highest BCUT2D eigenvalue weighted by molar-refractivity contribution is 7.90. The highest BCUT2D eigenvalue weighted by atomic mass is 32.2. The van der Waals surface area contributed by atoms with Crippen LogP contribution in [0, 0.1) is 0 Å². The van der Waals surface area contributed by atoms with Crippen molar-refractivity contribution in [1.29, 1.82) is 0 Å². The number of aromatic nitrogens is 2. The number of aliphatic carboxylic acids is 1. The zero-order valence-electron chi connectivity index (χ0n) is 8.96. The van der Waals surface area contributed by atoms with E-state index in [1.807, 2.05) is 0 Å². The Balaban J connectivity index is 2.44. The van der Waals surface area contributed by atoms with Crippen LogP contribution in [0.15, 0.2) is 17.3 Å². The number of aryl methyl sites for hydroxylation is 1. The maximum Gasteiger partial charge on any atom is 0.303 e. The van der Waals surface area contributed by atoms with Gasteiger partial charge in [0.2, 0.25) is 0 Å². The van der Waals surface area contributed by atoms with E-state index in [-0.39, 0.29) is 11.3 Å². The zero-order valence-corrected chi connectivity index (χ0v) is 9.77. The molecule has 0 aliphatic heterocycles. The number of carbonyl (C=O) groups is 1. The summed E-state index contributed by atoms with van der Waals surface area (Å²) in [4.78, 5) is 10.4. The van der Waals surface area contributed by atoms with Crippen molar-refractivity contribution in [2.45, 2.75) is 30.7 Å². The predicted molar refractivity (Wildman–Crippen MR) is 56.8 cm³/mol. The van der Waals surface area contributed by atoms with Crippen LogP contribution >= 0.6 is 0 Å². The molecule has 16 heavy (non-hydrogen) atoms. The van der Waals surface area contributed by atoms with Gasteiger partial charge in [-0.3, -0.25) is 9.48 Å². The van der Waals surface area contributed by atoms with E-state index >= 15 is 0 Å². The summed E-state index contributed by atoms with van der Waals surface area (Å²) in [5.41, 5.74) is 0. The molecular formula is C9H14N2O4S. The average Bonchev–Trinajstić information content (AvgIpc) is 2.59. The Hall–Kier alpha value is -1.37. The summed E-state index contributed by atoms with van der Waals surface area (Å²) in [6.45, 7) is 0.531. The number of carboxylic acids is 1. The Morgan fingerprint density at radius 2 is 2.19 bits per heavy atom. The lowest BCUT2D eigenvalue weighted by Gasteiger charge is -1.99. The first-order chi connectivity index (χ1) is 7.39. The molecule has 0 amide bonds. The zero-order chi connectivity index (χ0) is 12.2. The molecule has 6 nitrogen and oxygen atoms in total. The molecule has 0 atom stereocenters. The molecule has 90 valence electrons. The first-order valence-electron chi connectivity index (χ1n) is 4.84. The fourth-order valence-electron chi connectivity index (χ4n) is 1.21. The SMILES string of the molecule is CS(=O)(=O)c1cnn(CCCCC(=O)O)c1. The Labute approximate surface area is 93.8 Å². The number of rotatable bonds is 6. The van der Waals surface area contributed by atoms with Crippen LogP contribution in [0.2, 0.25) is 0 Å². The largest absolute Gasteiger partial charge is 0.481 e. The molecular weight excluding hydrogens is 232 g/mol. The molecule has 0 radical (unpaired) electrons. The predicted octanol–water partition coefficient (Wildman–Crippen LogP) is 0.542. The molecule has 1 N–H and O–H groups in total. The minimum Gasteiger partial charge on any atom is -0.481 e. The Kier molecular flexibility index (Phi) is 4.05. The van der Waals surface area contributed by atoms with E-state index in [4.69, 9.17) is 5.11 Å². The fraction of sp³-hybridized carbons (Fsp3) is 0.556. The third-order valence-electron chi connectivity index (χ3n) is 2.07. The minimum absolute atomic E-state index is 0.125. The second-order valence-electron chi connectivity index (χ2n) is 3.56. The van der Waals surface area contributed by atoms with Crippen molar-refractivity contribution in [3.05, 3.63) is 12.4 Å². The van der Waals surface area contributed by atoms with Gasteiger partial charge in [0, 0.05) is 25.4 Å². The van der Waals surface area contributed by atoms with Crippen molar-refractivity contribution in [2.75, 3.05) is 6.26 Å². The van der Waals surface area contributed by atoms with Crippen molar-refractivity contribution in [1.82, 2.24) is 9.78 Å². The van der Waals surface area contributed by atoms with Gasteiger partial charge >= 0.3 is 5.97 Å². The van der Waals surface area contributed by atoms with Crippen molar-refractivity contribution in [2.24, 2.45) is 0 Å². The molecule has 1 aromatic rings. The molecule has 1 heterocycles. The highest BCUT2D eigenvalue weighted by Crippen LogP contribution is 2.07. The van der Waals surface area contributed by atoms with Gasteiger partial charge in [0.15, 0.2) is 9.84 Å². The maximum atomic E-state index is 11.1. The summed E-state index contributed by atoms with van der Waals surface area (Å²) in [5.74, 6) is -0.822. The van der Waals surface area contributed by atoms with Gasteiger partial charge in [-0.2, -0.15) is 5.10 Å². The molecule has 1 rings (SSSR count). The molecule has 7 heteroatoms. The van der Waals surface area contributed by atoms with E-state index in [2.05, 4.69) is 5.10 Å². The van der Waals surface area contributed by atoms with Gasteiger partial charge < -0.3 is 5.11 Å². The van der Waals surface area contributed by atoms with Crippen LogP contribution < -0.4 is 0 Å². The minimum atomic E-state index is -3.20. The van der Waals surface area contributed by atoms with Crippen LogP contribution in [0.25, 0.3) is 0 Å². The van der Waals surface area contributed by atoms with Gasteiger partial charge in [0.05, 0.1) is 6.20 Å². The molecule has 0 spiro atoms. The number of hydrogen-bond donors (Lipinski definition) is 1. The van der Waals surface area contributed by atoms with E-state index in [1.54, 1.807) is 0 Å². The lowest BCUT2D eigenvalue weighted by molar-refractivity contribution is -0.137. The van der Waals surface area contributed by atoms with Gasteiger partial charge in [-0.05, 0) is 12.8 Å². The Morgan fingerprint density at radius 1 is 1.50 bits per heavy atom. The third kappa shape index (κ3) is 4.01. The summed E-state index contributed by atoms with van der Waals surface area (Å²) in [6, 6.07) is 0. The van der Waals surface area contributed by atoms with Gasteiger partial charge in [-0.15, -0.1) is 0 Å². The summed E-state index contributed by atoms with van der Waals surface area (Å²) in [7, 11) is -3.20. The van der Waals surface area contributed by atoms with Gasteiger partial charge in [-0.1, -0.05) is 0 Å². The lowest BCUT2D eigenvalue weighted by Crippen LogP contribution is -2.01. The van der Waals surface area contributed by atoms with E-state index in [0.717, 1.165) is 6.26 Å². The second kappa shape index (κ2) is 5.11. The number of hydrogen-bond acceptors (Lipinski definition) is 4. The number of sulfone groups is 1. The molecule has 0 fully saturated rings. The monoisotopic (exact) mass is 246 g/mol.